The molecule has 0 bridgehead atoms. The first-order chi connectivity index (χ1) is 29.6. The zero-order chi connectivity index (χ0) is 42.1. The van der Waals surface area contributed by atoms with Gasteiger partial charge in [-0.05, 0) is 107 Å². The minimum atomic E-state index is -0.386. The van der Waals surface area contributed by atoms with Crippen molar-refractivity contribution in [1.29, 1.82) is 0 Å². The van der Waals surface area contributed by atoms with Crippen LogP contribution in [0.2, 0.25) is 0 Å². The highest BCUT2D eigenvalue weighted by atomic mass is 15.1. The minimum absolute atomic E-state index is 0.111. The number of hydrogen-bond acceptors (Lipinski definition) is 1. The van der Waals surface area contributed by atoms with Gasteiger partial charge in [0.2, 0.25) is 0 Å². The molecule has 0 radical (unpaired) electrons. The summed E-state index contributed by atoms with van der Waals surface area (Å²) in [6, 6.07) is 49.4. The Labute approximate surface area is 320 Å². The van der Waals surface area contributed by atoms with Crippen molar-refractivity contribution in [3.63, 3.8) is 0 Å². The summed E-state index contributed by atoms with van der Waals surface area (Å²) in [4.78, 5) is 1.41. The molecule has 1 nitrogen and oxygen atoms in total. The van der Waals surface area contributed by atoms with Crippen molar-refractivity contribution < 1.29 is 11.0 Å². The van der Waals surface area contributed by atoms with Crippen LogP contribution in [0.1, 0.15) is 11.0 Å². The summed E-state index contributed by atoms with van der Waals surface area (Å²) in [6.45, 7) is 0. The maximum Gasteiger partial charge on any atom is 0.0645 e. The SMILES string of the molecule is [2H]c1c([2H])c(N(c2c([2H])c([2H])c(-c3ccc4ccc5ccccc5c4c3)c([2H])c2[2H])c2cc3ccccc3c3ccccc23)c([2H])c([2H])c1-c1ccc(-c2ccccc2)cc1. The van der Waals surface area contributed by atoms with Crippen LogP contribution in [0.5, 0.6) is 0 Å². The van der Waals surface area contributed by atoms with Crippen molar-refractivity contribution >= 4 is 60.2 Å². The van der Waals surface area contributed by atoms with Gasteiger partial charge in [0.25, 0.3) is 0 Å². The predicted octanol–water partition coefficient (Wildman–Crippen LogP) is 14.8. The molecule has 0 aliphatic carbocycles. The molecule has 0 N–H and O–H groups in total. The molecule has 248 valence electrons. The van der Waals surface area contributed by atoms with Crippen molar-refractivity contribution in [1.82, 2.24) is 0 Å². The Kier molecular flexibility index (Phi) is 5.76. The number of hydrogen-bond donors (Lipinski definition) is 0. The maximum absolute atomic E-state index is 9.68. The molecule has 0 heterocycles. The van der Waals surface area contributed by atoms with E-state index in [1.54, 1.807) is 12.1 Å². The Morgan fingerprint density at radius 1 is 0.283 bits per heavy atom. The van der Waals surface area contributed by atoms with Crippen LogP contribution in [-0.2, 0) is 0 Å². The zero-order valence-corrected chi connectivity index (χ0v) is 28.5. The number of anilines is 3. The number of nitrogens with zero attached hydrogens (tertiary/aromatic N) is 1. The second kappa shape index (κ2) is 13.0. The Morgan fingerprint density at radius 3 is 1.38 bits per heavy atom. The summed E-state index contributed by atoms with van der Waals surface area (Å²) < 4.78 is 76.5. The van der Waals surface area contributed by atoms with Gasteiger partial charge in [-0.1, -0.05) is 176 Å². The molecule has 10 rings (SSSR count). The van der Waals surface area contributed by atoms with E-state index in [1.165, 1.54) is 4.90 Å². The average molecular weight is 682 g/mol. The van der Waals surface area contributed by atoms with E-state index < -0.39 is 0 Å². The van der Waals surface area contributed by atoms with Gasteiger partial charge < -0.3 is 4.90 Å². The standard InChI is InChI=1S/C52H35N/c1-2-10-36(11-3-1)37-18-20-38(21-19-37)39-26-30-45(31-27-39)53(52-35-44-13-5-7-15-48(44)49-16-8-9-17-50(49)52)46-32-28-40(29-33-46)43-25-24-42-23-22-41-12-4-6-14-47(41)51(42)34-43/h1-35H/i26D,27D,28D,29D,30D,31D,32D,33D. The van der Waals surface area contributed by atoms with Crippen LogP contribution in [0.3, 0.4) is 0 Å². The Balaban J connectivity index is 1.23. The van der Waals surface area contributed by atoms with Crippen LogP contribution in [0.15, 0.2) is 212 Å². The average Bonchev–Trinajstić information content (AvgIpc) is 3.30. The Morgan fingerprint density at radius 2 is 0.717 bits per heavy atom. The van der Waals surface area contributed by atoms with Gasteiger partial charge in [-0.3, -0.25) is 0 Å². The summed E-state index contributed by atoms with van der Waals surface area (Å²) in [5, 5.41) is 7.18. The van der Waals surface area contributed by atoms with Crippen molar-refractivity contribution in [3.8, 4) is 33.4 Å². The third-order valence-corrected chi connectivity index (χ3v) is 9.97. The van der Waals surface area contributed by atoms with E-state index in [2.05, 4.69) is 0 Å². The first-order valence-electron chi connectivity index (χ1n) is 21.6. The molecule has 0 spiro atoms. The van der Waals surface area contributed by atoms with Crippen molar-refractivity contribution in [2.24, 2.45) is 0 Å². The summed E-state index contributed by atoms with van der Waals surface area (Å²) in [7, 11) is 0. The van der Waals surface area contributed by atoms with Crippen LogP contribution in [0.4, 0.5) is 17.1 Å². The maximum atomic E-state index is 9.68. The fourth-order valence-electron chi connectivity index (χ4n) is 7.31. The molecule has 0 saturated heterocycles. The molecule has 0 unspecified atom stereocenters. The molecule has 0 atom stereocenters. The van der Waals surface area contributed by atoms with Crippen LogP contribution >= 0.6 is 0 Å². The van der Waals surface area contributed by atoms with E-state index >= 15 is 0 Å². The predicted molar refractivity (Wildman–Crippen MR) is 227 cm³/mol. The molecule has 10 aromatic carbocycles. The van der Waals surface area contributed by atoms with Gasteiger partial charge in [-0.2, -0.15) is 0 Å². The van der Waals surface area contributed by atoms with Crippen molar-refractivity contribution in [3.05, 3.63) is 212 Å². The van der Waals surface area contributed by atoms with E-state index in [9.17, 15) is 11.0 Å². The van der Waals surface area contributed by atoms with Gasteiger partial charge in [-0.15, -0.1) is 0 Å². The molecule has 1 heteroatoms. The zero-order valence-electron chi connectivity index (χ0n) is 36.5. The van der Waals surface area contributed by atoms with E-state index in [-0.39, 0.29) is 70.8 Å². The van der Waals surface area contributed by atoms with E-state index in [1.807, 2.05) is 152 Å². The fourth-order valence-corrected chi connectivity index (χ4v) is 7.31. The number of fused-ring (bicyclic) bond motifs is 6. The van der Waals surface area contributed by atoms with Crippen LogP contribution in [-0.4, -0.2) is 0 Å². The lowest BCUT2D eigenvalue weighted by molar-refractivity contribution is 1.30. The summed E-state index contributed by atoms with van der Waals surface area (Å²) in [5.74, 6) is 0. The molecule has 0 aliphatic rings. The quantitative estimate of drug-likeness (QED) is 0.158. The normalized spacial score (nSPS) is 13.5. The van der Waals surface area contributed by atoms with E-state index in [4.69, 9.17) is 0 Å². The lowest BCUT2D eigenvalue weighted by atomic mass is 9.96. The topological polar surface area (TPSA) is 3.24 Å². The summed E-state index contributed by atoms with van der Waals surface area (Å²) in [6.07, 6.45) is 0. The first kappa shape index (κ1) is 23.5. The number of benzene rings is 10. The van der Waals surface area contributed by atoms with Gasteiger partial charge in [0.1, 0.15) is 0 Å². The van der Waals surface area contributed by atoms with Crippen LogP contribution < -0.4 is 4.90 Å². The third kappa shape index (κ3) is 5.60. The van der Waals surface area contributed by atoms with Gasteiger partial charge in [-0.25, -0.2) is 0 Å². The van der Waals surface area contributed by atoms with E-state index in [0.717, 1.165) is 48.8 Å². The largest absolute Gasteiger partial charge is 0.310 e. The van der Waals surface area contributed by atoms with Gasteiger partial charge in [0.15, 0.2) is 0 Å². The Hall–Kier alpha value is -6.96. The molecule has 0 aliphatic heterocycles. The van der Waals surface area contributed by atoms with Crippen LogP contribution in [0, 0.1) is 0 Å². The molecule has 0 fully saturated rings. The third-order valence-electron chi connectivity index (χ3n) is 9.97. The Bertz CT molecular complexity index is 3340. The molecule has 53 heavy (non-hydrogen) atoms. The highest BCUT2D eigenvalue weighted by Gasteiger charge is 2.18. The molecular formula is C52H35N. The second-order valence-electron chi connectivity index (χ2n) is 13.1. The highest BCUT2D eigenvalue weighted by molar-refractivity contribution is 6.14. The molecule has 10 aromatic rings. The van der Waals surface area contributed by atoms with Crippen molar-refractivity contribution in [2.75, 3.05) is 4.90 Å². The lowest BCUT2D eigenvalue weighted by Gasteiger charge is -2.28. The van der Waals surface area contributed by atoms with Gasteiger partial charge in [0.05, 0.1) is 16.7 Å². The van der Waals surface area contributed by atoms with Crippen molar-refractivity contribution in [2.45, 2.75) is 0 Å². The summed E-state index contributed by atoms with van der Waals surface area (Å²) in [5.41, 5.74) is 3.20. The summed E-state index contributed by atoms with van der Waals surface area (Å²) >= 11 is 0. The smallest absolute Gasteiger partial charge is 0.0645 e. The monoisotopic (exact) mass is 681 g/mol. The molecule has 0 aromatic heterocycles. The number of rotatable bonds is 6. The minimum Gasteiger partial charge on any atom is -0.310 e. The lowest BCUT2D eigenvalue weighted by Crippen LogP contribution is -2.10. The van der Waals surface area contributed by atoms with Gasteiger partial charge >= 0.3 is 0 Å². The first-order valence-corrected chi connectivity index (χ1v) is 17.6. The van der Waals surface area contributed by atoms with E-state index in [0.29, 0.717) is 22.2 Å². The van der Waals surface area contributed by atoms with Gasteiger partial charge in [0, 0.05) is 16.8 Å². The van der Waals surface area contributed by atoms with Crippen LogP contribution in [0.25, 0.3) is 76.5 Å². The molecule has 0 amide bonds. The fraction of sp³-hybridized carbons (Fsp3) is 0. The second-order valence-corrected chi connectivity index (χ2v) is 13.1. The molecule has 0 saturated carbocycles. The highest BCUT2D eigenvalue weighted by Crippen LogP contribution is 2.43. The molecular weight excluding hydrogens is 639 g/mol.